The Balaban J connectivity index is 1.69. The van der Waals surface area contributed by atoms with E-state index in [4.69, 9.17) is 9.47 Å². The molecule has 2 aromatic carbocycles. The van der Waals surface area contributed by atoms with Crippen LogP contribution in [0.3, 0.4) is 0 Å². The van der Waals surface area contributed by atoms with E-state index in [9.17, 15) is 18.0 Å². The third kappa shape index (κ3) is 4.88. The molecule has 30 heavy (non-hydrogen) atoms. The predicted molar refractivity (Wildman–Crippen MR) is 115 cm³/mol. The molecule has 1 atom stereocenters. The summed E-state index contributed by atoms with van der Waals surface area (Å²) in [4.78, 5) is 25.1. The van der Waals surface area contributed by atoms with Crippen LogP contribution in [0.5, 0.6) is 11.5 Å². The van der Waals surface area contributed by atoms with Gasteiger partial charge in [0.25, 0.3) is 0 Å². The van der Waals surface area contributed by atoms with Crippen LogP contribution in [-0.2, 0) is 19.4 Å². The van der Waals surface area contributed by atoms with E-state index in [2.05, 4.69) is 10.6 Å². The van der Waals surface area contributed by atoms with Gasteiger partial charge < -0.3 is 20.1 Å². The van der Waals surface area contributed by atoms with Gasteiger partial charge in [-0.05, 0) is 37.3 Å². The Bertz CT molecular complexity index is 1080. The summed E-state index contributed by atoms with van der Waals surface area (Å²) in [6.45, 7) is 1.78. The van der Waals surface area contributed by atoms with Gasteiger partial charge >= 0.3 is 0 Å². The number of amides is 2. The molecule has 8 nitrogen and oxygen atoms in total. The molecule has 0 spiro atoms. The highest BCUT2D eigenvalue weighted by Crippen LogP contribution is 2.37. The highest BCUT2D eigenvalue weighted by atomic mass is 32.2. The maximum absolute atomic E-state index is 12.7. The van der Waals surface area contributed by atoms with Gasteiger partial charge in [0.1, 0.15) is 11.5 Å². The second kappa shape index (κ2) is 8.97. The van der Waals surface area contributed by atoms with E-state index in [-0.39, 0.29) is 28.2 Å². The molecule has 0 saturated heterocycles. The van der Waals surface area contributed by atoms with E-state index in [1.807, 2.05) is 0 Å². The minimum absolute atomic E-state index is 0.0588. The summed E-state index contributed by atoms with van der Waals surface area (Å²) < 4.78 is 35.7. The van der Waals surface area contributed by atoms with Crippen LogP contribution >= 0.6 is 11.8 Å². The number of carbonyl (C=O) groups is 2. The summed E-state index contributed by atoms with van der Waals surface area (Å²) in [7, 11) is -0.750. The standard InChI is InChI=1S/C20H22N2O6S2/c1-12-20(24)22-16-11-14(5-7-18(16)29-12)30(25,26)9-8-19(23)21-15-10-13(27-2)4-6-17(15)28-3/h4-7,10-12H,8-9H2,1-3H3,(H,21,23)(H,22,24)/t12-/m0/s1. The lowest BCUT2D eigenvalue weighted by molar-refractivity contribution is -0.116. The van der Waals surface area contributed by atoms with Crippen molar-refractivity contribution in [3.63, 3.8) is 0 Å². The molecular weight excluding hydrogens is 428 g/mol. The number of carbonyl (C=O) groups excluding carboxylic acids is 2. The van der Waals surface area contributed by atoms with Crippen molar-refractivity contribution in [3.05, 3.63) is 36.4 Å². The molecule has 0 unspecified atom stereocenters. The van der Waals surface area contributed by atoms with Crippen LogP contribution in [0.25, 0.3) is 0 Å². The van der Waals surface area contributed by atoms with Crippen molar-refractivity contribution < 1.29 is 27.5 Å². The maximum Gasteiger partial charge on any atom is 0.237 e. The fraction of sp³-hybridized carbons (Fsp3) is 0.300. The average molecular weight is 451 g/mol. The molecule has 0 fully saturated rings. The number of nitrogens with one attached hydrogen (secondary N) is 2. The summed E-state index contributed by atoms with van der Waals surface area (Å²) >= 11 is 1.37. The van der Waals surface area contributed by atoms with Crippen molar-refractivity contribution in [2.75, 3.05) is 30.6 Å². The van der Waals surface area contributed by atoms with Crippen molar-refractivity contribution >= 4 is 44.8 Å². The molecule has 0 aliphatic carbocycles. The van der Waals surface area contributed by atoms with Gasteiger partial charge in [-0.25, -0.2) is 8.42 Å². The second-order valence-corrected chi connectivity index (χ2v) is 10.1. The number of sulfone groups is 1. The summed E-state index contributed by atoms with van der Waals surface area (Å²) in [5.74, 6) is -0.0536. The molecule has 3 rings (SSSR count). The first kappa shape index (κ1) is 22.0. The lowest BCUT2D eigenvalue weighted by atomic mass is 10.2. The molecule has 1 aliphatic rings. The first-order valence-corrected chi connectivity index (χ1v) is 11.6. The van der Waals surface area contributed by atoms with Gasteiger partial charge in [0, 0.05) is 17.4 Å². The van der Waals surface area contributed by atoms with Crippen LogP contribution in [0.4, 0.5) is 11.4 Å². The number of anilines is 2. The highest BCUT2D eigenvalue weighted by molar-refractivity contribution is 8.01. The number of ether oxygens (including phenoxy) is 2. The van der Waals surface area contributed by atoms with Crippen molar-refractivity contribution in [1.29, 1.82) is 0 Å². The maximum atomic E-state index is 12.7. The van der Waals surface area contributed by atoms with Gasteiger partial charge in [-0.2, -0.15) is 0 Å². The van der Waals surface area contributed by atoms with Crippen molar-refractivity contribution in [2.45, 2.75) is 28.4 Å². The minimum Gasteiger partial charge on any atom is -0.497 e. The van der Waals surface area contributed by atoms with E-state index in [0.29, 0.717) is 22.9 Å². The molecule has 160 valence electrons. The van der Waals surface area contributed by atoms with Crippen LogP contribution < -0.4 is 20.1 Å². The fourth-order valence-electron chi connectivity index (χ4n) is 2.85. The average Bonchev–Trinajstić information content (AvgIpc) is 2.72. The van der Waals surface area contributed by atoms with E-state index >= 15 is 0 Å². The molecular formula is C20H22N2O6S2. The largest absolute Gasteiger partial charge is 0.497 e. The first-order chi connectivity index (χ1) is 14.2. The summed E-state index contributed by atoms with van der Waals surface area (Å²) in [5, 5.41) is 5.13. The summed E-state index contributed by atoms with van der Waals surface area (Å²) in [6.07, 6.45) is -0.238. The van der Waals surface area contributed by atoms with Crippen molar-refractivity contribution in [1.82, 2.24) is 0 Å². The highest BCUT2D eigenvalue weighted by Gasteiger charge is 2.25. The number of methoxy groups -OCH3 is 2. The summed E-state index contributed by atoms with van der Waals surface area (Å²) in [5.41, 5.74) is 0.858. The first-order valence-electron chi connectivity index (χ1n) is 9.09. The van der Waals surface area contributed by atoms with Crippen LogP contribution in [-0.4, -0.2) is 45.5 Å². The molecule has 0 radical (unpaired) electrons. The molecule has 2 amide bonds. The van der Waals surface area contributed by atoms with Gasteiger partial charge in [0.05, 0.1) is 41.5 Å². The number of benzene rings is 2. The Morgan fingerprint density at radius 3 is 2.63 bits per heavy atom. The zero-order valence-electron chi connectivity index (χ0n) is 16.7. The van der Waals surface area contributed by atoms with Gasteiger partial charge in [-0.1, -0.05) is 0 Å². The van der Waals surface area contributed by atoms with Gasteiger partial charge in [0.15, 0.2) is 9.84 Å². The molecule has 2 aromatic rings. The monoisotopic (exact) mass is 450 g/mol. The van der Waals surface area contributed by atoms with E-state index in [1.54, 1.807) is 31.2 Å². The second-order valence-electron chi connectivity index (χ2n) is 6.59. The topological polar surface area (TPSA) is 111 Å². The normalized spacial score (nSPS) is 15.7. The molecule has 1 aliphatic heterocycles. The van der Waals surface area contributed by atoms with Crippen molar-refractivity contribution in [2.24, 2.45) is 0 Å². The van der Waals surface area contributed by atoms with E-state index < -0.39 is 15.7 Å². The molecule has 1 heterocycles. The lowest BCUT2D eigenvalue weighted by Gasteiger charge is -2.21. The Labute approximate surface area is 179 Å². The Hall–Kier alpha value is -2.72. The number of thioether (sulfide) groups is 1. The number of hydrogen-bond acceptors (Lipinski definition) is 7. The number of hydrogen-bond donors (Lipinski definition) is 2. The van der Waals surface area contributed by atoms with Gasteiger partial charge in [0.2, 0.25) is 11.8 Å². The molecule has 0 bridgehead atoms. The smallest absolute Gasteiger partial charge is 0.237 e. The Morgan fingerprint density at radius 1 is 1.17 bits per heavy atom. The van der Waals surface area contributed by atoms with Gasteiger partial charge in [-0.15, -0.1) is 11.8 Å². The zero-order valence-corrected chi connectivity index (χ0v) is 18.4. The SMILES string of the molecule is COc1ccc(OC)c(NC(=O)CCS(=O)(=O)c2ccc3c(c2)NC(=O)[C@H](C)S3)c1. The van der Waals surface area contributed by atoms with Crippen LogP contribution in [0.2, 0.25) is 0 Å². The van der Waals surface area contributed by atoms with Crippen LogP contribution in [0, 0.1) is 0 Å². The van der Waals surface area contributed by atoms with Crippen LogP contribution in [0.1, 0.15) is 13.3 Å². The molecule has 0 saturated carbocycles. The molecule has 2 N–H and O–H groups in total. The third-order valence-corrected chi connectivity index (χ3v) is 7.41. The van der Waals surface area contributed by atoms with Crippen molar-refractivity contribution in [3.8, 4) is 11.5 Å². The quantitative estimate of drug-likeness (QED) is 0.667. The van der Waals surface area contributed by atoms with Gasteiger partial charge in [-0.3, -0.25) is 9.59 Å². The van der Waals surface area contributed by atoms with E-state index in [0.717, 1.165) is 4.90 Å². The number of rotatable bonds is 7. The summed E-state index contributed by atoms with van der Waals surface area (Å²) in [6, 6.07) is 9.52. The Morgan fingerprint density at radius 2 is 1.93 bits per heavy atom. The van der Waals surface area contributed by atoms with Crippen LogP contribution in [0.15, 0.2) is 46.2 Å². The Kier molecular flexibility index (Phi) is 6.57. The minimum atomic E-state index is -3.72. The zero-order chi connectivity index (χ0) is 21.9. The van der Waals surface area contributed by atoms with E-state index in [1.165, 1.54) is 38.1 Å². The fourth-order valence-corrected chi connectivity index (χ4v) is 5.04. The lowest BCUT2D eigenvalue weighted by Crippen LogP contribution is -2.26. The number of fused-ring (bicyclic) bond motifs is 1. The predicted octanol–water partition coefficient (Wildman–Crippen LogP) is 2.94. The third-order valence-electron chi connectivity index (χ3n) is 4.52. The molecule has 10 heteroatoms. The molecule has 0 aromatic heterocycles.